The molecule has 31 heavy (non-hydrogen) atoms. The van der Waals surface area contributed by atoms with Crippen molar-refractivity contribution in [1.29, 1.82) is 0 Å². The van der Waals surface area contributed by atoms with Crippen molar-refractivity contribution in [2.75, 3.05) is 26.2 Å². The number of likely N-dealkylation sites (tertiary alicyclic amines) is 1. The van der Waals surface area contributed by atoms with Crippen LogP contribution in [0.5, 0.6) is 5.75 Å². The van der Waals surface area contributed by atoms with Crippen LogP contribution in [0.25, 0.3) is 22.3 Å². The standard InChI is InChI=1S/C25H30N2O3.ClH/c28-23-19-25(20-10-12-26-13-11-20)30-24-9-8-21(18-22(23)24)29-17-7-2-1-4-14-27-15-5-3-6-16-27;/h8-13,18-19H,1-7,14-17H2;1H. The van der Waals surface area contributed by atoms with E-state index in [4.69, 9.17) is 9.15 Å². The highest BCUT2D eigenvalue weighted by Crippen LogP contribution is 2.24. The van der Waals surface area contributed by atoms with E-state index in [1.54, 1.807) is 18.5 Å². The van der Waals surface area contributed by atoms with Crippen LogP contribution in [0, 0.1) is 0 Å². The van der Waals surface area contributed by atoms with Gasteiger partial charge in [0.05, 0.1) is 12.0 Å². The van der Waals surface area contributed by atoms with Crippen molar-refractivity contribution in [2.45, 2.75) is 44.9 Å². The molecule has 1 aliphatic heterocycles. The van der Waals surface area contributed by atoms with Gasteiger partial charge in [0, 0.05) is 24.0 Å². The van der Waals surface area contributed by atoms with Gasteiger partial charge < -0.3 is 14.1 Å². The van der Waals surface area contributed by atoms with Gasteiger partial charge in [0.1, 0.15) is 17.1 Å². The summed E-state index contributed by atoms with van der Waals surface area (Å²) >= 11 is 0. The Bertz CT molecular complexity index is 1000. The minimum absolute atomic E-state index is 0. The molecule has 0 atom stereocenters. The third-order valence-corrected chi connectivity index (χ3v) is 5.75. The van der Waals surface area contributed by atoms with Gasteiger partial charge in [-0.25, -0.2) is 0 Å². The van der Waals surface area contributed by atoms with Gasteiger partial charge in [0.25, 0.3) is 0 Å². The number of hydrogen-bond donors (Lipinski definition) is 0. The van der Waals surface area contributed by atoms with Crippen molar-refractivity contribution in [1.82, 2.24) is 9.88 Å². The summed E-state index contributed by atoms with van der Waals surface area (Å²) in [5.41, 5.74) is 1.34. The minimum Gasteiger partial charge on any atom is -0.494 e. The Hall–Kier alpha value is -2.37. The fourth-order valence-electron chi connectivity index (χ4n) is 4.05. The molecule has 3 heterocycles. The molecule has 5 nitrogen and oxygen atoms in total. The monoisotopic (exact) mass is 442 g/mol. The fraction of sp³-hybridized carbons (Fsp3) is 0.440. The van der Waals surface area contributed by atoms with E-state index in [0.717, 1.165) is 17.7 Å². The van der Waals surface area contributed by atoms with Gasteiger partial charge in [-0.05, 0) is 75.6 Å². The van der Waals surface area contributed by atoms with Crippen molar-refractivity contribution in [3.05, 3.63) is 59.0 Å². The van der Waals surface area contributed by atoms with Crippen LogP contribution in [-0.2, 0) is 0 Å². The number of benzene rings is 1. The quantitative estimate of drug-likeness (QED) is 0.398. The summed E-state index contributed by atoms with van der Waals surface area (Å²) in [5.74, 6) is 1.27. The van der Waals surface area contributed by atoms with Crippen LogP contribution in [0.15, 0.2) is 58.0 Å². The molecule has 166 valence electrons. The summed E-state index contributed by atoms with van der Waals surface area (Å²) in [4.78, 5) is 19.2. The van der Waals surface area contributed by atoms with E-state index < -0.39 is 0 Å². The topological polar surface area (TPSA) is 55.6 Å². The molecule has 4 rings (SSSR count). The Morgan fingerprint density at radius 1 is 0.935 bits per heavy atom. The molecular formula is C25H31ClN2O3. The first kappa shape index (κ1) is 23.3. The number of nitrogens with zero attached hydrogens (tertiary/aromatic N) is 2. The maximum Gasteiger partial charge on any atom is 0.193 e. The number of rotatable bonds is 9. The summed E-state index contributed by atoms with van der Waals surface area (Å²) in [6, 6.07) is 10.7. The lowest BCUT2D eigenvalue weighted by molar-refractivity contribution is 0.223. The molecule has 1 aromatic carbocycles. The van der Waals surface area contributed by atoms with Gasteiger partial charge >= 0.3 is 0 Å². The summed E-state index contributed by atoms with van der Waals surface area (Å²) < 4.78 is 11.8. The molecule has 0 spiro atoms. The zero-order valence-corrected chi connectivity index (χ0v) is 18.7. The van der Waals surface area contributed by atoms with Crippen LogP contribution >= 0.6 is 12.4 Å². The van der Waals surface area contributed by atoms with Crippen molar-refractivity contribution >= 4 is 23.4 Å². The predicted molar refractivity (Wildman–Crippen MR) is 127 cm³/mol. The molecule has 0 aliphatic carbocycles. The first-order valence-electron chi connectivity index (χ1n) is 11.1. The molecule has 0 N–H and O–H groups in total. The Labute approximate surface area is 189 Å². The molecule has 0 saturated carbocycles. The third-order valence-electron chi connectivity index (χ3n) is 5.75. The van der Waals surface area contributed by atoms with E-state index in [2.05, 4.69) is 9.88 Å². The molecule has 0 bridgehead atoms. The highest BCUT2D eigenvalue weighted by molar-refractivity contribution is 5.85. The lowest BCUT2D eigenvalue weighted by atomic mass is 10.1. The van der Waals surface area contributed by atoms with Gasteiger partial charge in [0.2, 0.25) is 0 Å². The maximum atomic E-state index is 12.6. The zero-order valence-electron chi connectivity index (χ0n) is 17.9. The van der Waals surface area contributed by atoms with E-state index in [1.165, 1.54) is 64.2 Å². The molecule has 6 heteroatoms. The molecule has 3 aromatic rings. The number of aromatic nitrogens is 1. The van der Waals surface area contributed by atoms with Gasteiger partial charge in [-0.15, -0.1) is 12.4 Å². The number of piperidine rings is 1. The van der Waals surface area contributed by atoms with E-state index in [-0.39, 0.29) is 17.8 Å². The maximum absolute atomic E-state index is 12.6. The van der Waals surface area contributed by atoms with Crippen LogP contribution in [0.1, 0.15) is 44.9 Å². The zero-order chi connectivity index (χ0) is 20.6. The summed E-state index contributed by atoms with van der Waals surface area (Å²) in [6.45, 7) is 4.48. The number of fused-ring (bicyclic) bond motifs is 1. The van der Waals surface area contributed by atoms with Crippen LogP contribution in [0.3, 0.4) is 0 Å². The first-order chi connectivity index (χ1) is 14.8. The lowest BCUT2D eigenvalue weighted by Crippen LogP contribution is -2.30. The smallest absolute Gasteiger partial charge is 0.193 e. The van der Waals surface area contributed by atoms with E-state index in [0.29, 0.717) is 23.3 Å². The Balaban J connectivity index is 0.00000272. The van der Waals surface area contributed by atoms with Crippen LogP contribution in [0.4, 0.5) is 0 Å². The van der Waals surface area contributed by atoms with Gasteiger partial charge in [0.15, 0.2) is 5.43 Å². The van der Waals surface area contributed by atoms with Crippen LogP contribution in [0.2, 0.25) is 0 Å². The molecule has 2 aromatic heterocycles. The molecule has 0 amide bonds. The van der Waals surface area contributed by atoms with E-state index in [9.17, 15) is 4.79 Å². The SMILES string of the molecule is Cl.O=c1cc(-c2ccncc2)oc2ccc(OCCCCCCN3CCCCC3)cc12. The van der Waals surface area contributed by atoms with E-state index >= 15 is 0 Å². The summed E-state index contributed by atoms with van der Waals surface area (Å²) in [7, 11) is 0. The Morgan fingerprint density at radius 2 is 1.71 bits per heavy atom. The number of unbranched alkanes of at least 4 members (excludes halogenated alkanes) is 3. The molecule has 1 saturated heterocycles. The number of halogens is 1. The summed E-state index contributed by atoms with van der Waals surface area (Å²) in [6.07, 6.45) is 12.2. The average molecular weight is 443 g/mol. The second-order valence-corrected chi connectivity index (χ2v) is 8.03. The third kappa shape index (κ3) is 6.55. The molecule has 1 aliphatic rings. The second kappa shape index (κ2) is 11.9. The Kier molecular flexibility index (Phi) is 8.92. The van der Waals surface area contributed by atoms with Crippen molar-refractivity contribution in [3.63, 3.8) is 0 Å². The summed E-state index contributed by atoms with van der Waals surface area (Å²) in [5, 5.41) is 0.548. The molecule has 1 fully saturated rings. The molecule has 0 unspecified atom stereocenters. The van der Waals surface area contributed by atoms with E-state index in [1.807, 2.05) is 24.3 Å². The van der Waals surface area contributed by atoms with Crippen LogP contribution in [-0.4, -0.2) is 36.1 Å². The van der Waals surface area contributed by atoms with Gasteiger partial charge in [-0.2, -0.15) is 0 Å². The number of pyridine rings is 1. The van der Waals surface area contributed by atoms with Gasteiger partial charge in [-0.3, -0.25) is 9.78 Å². The highest BCUT2D eigenvalue weighted by Gasteiger charge is 2.10. The number of hydrogen-bond acceptors (Lipinski definition) is 5. The Morgan fingerprint density at radius 3 is 2.52 bits per heavy atom. The lowest BCUT2D eigenvalue weighted by Gasteiger charge is -2.26. The average Bonchev–Trinajstić information content (AvgIpc) is 2.80. The van der Waals surface area contributed by atoms with Crippen molar-refractivity contribution in [3.8, 4) is 17.1 Å². The van der Waals surface area contributed by atoms with Crippen LogP contribution < -0.4 is 10.2 Å². The molecule has 0 radical (unpaired) electrons. The number of ether oxygens (including phenoxy) is 1. The van der Waals surface area contributed by atoms with Crippen molar-refractivity contribution < 1.29 is 9.15 Å². The van der Waals surface area contributed by atoms with Gasteiger partial charge in [-0.1, -0.05) is 19.3 Å². The first-order valence-corrected chi connectivity index (χ1v) is 11.1. The van der Waals surface area contributed by atoms with Crippen molar-refractivity contribution in [2.24, 2.45) is 0 Å². The minimum atomic E-state index is -0.0637. The normalized spacial score (nSPS) is 14.3. The predicted octanol–water partition coefficient (Wildman–Crippen LogP) is 5.70. The molecular weight excluding hydrogens is 412 g/mol. The second-order valence-electron chi connectivity index (χ2n) is 8.03. The fourth-order valence-corrected chi connectivity index (χ4v) is 4.05. The highest BCUT2D eigenvalue weighted by atomic mass is 35.5. The largest absolute Gasteiger partial charge is 0.494 e.